The minimum absolute atomic E-state index is 0.00806. The standard InChI is InChI=1S/C8H10ClF3N4O2/c1-17-7-15-5(9)14-6(16-7)13-2-3-18-4-8(10,11)12/h2-4H2,1H3,(H,13,14,15,16). The average molecular weight is 287 g/mol. The van der Waals surface area contributed by atoms with Crippen LogP contribution in [0.25, 0.3) is 0 Å². The molecule has 102 valence electrons. The summed E-state index contributed by atoms with van der Waals surface area (Å²) in [6.07, 6.45) is -4.33. The van der Waals surface area contributed by atoms with Crippen molar-refractivity contribution in [1.82, 2.24) is 15.0 Å². The van der Waals surface area contributed by atoms with E-state index >= 15 is 0 Å². The smallest absolute Gasteiger partial charge is 0.411 e. The van der Waals surface area contributed by atoms with Gasteiger partial charge in [0.1, 0.15) is 6.61 Å². The van der Waals surface area contributed by atoms with Gasteiger partial charge in [-0.2, -0.15) is 28.1 Å². The van der Waals surface area contributed by atoms with E-state index in [0.717, 1.165) is 0 Å². The van der Waals surface area contributed by atoms with E-state index in [2.05, 4.69) is 25.0 Å². The number of hydrogen-bond donors (Lipinski definition) is 1. The van der Waals surface area contributed by atoms with Gasteiger partial charge in [-0.3, -0.25) is 0 Å². The van der Waals surface area contributed by atoms with Gasteiger partial charge in [0.25, 0.3) is 0 Å². The highest BCUT2D eigenvalue weighted by Gasteiger charge is 2.27. The van der Waals surface area contributed by atoms with Gasteiger partial charge in [0.05, 0.1) is 13.7 Å². The van der Waals surface area contributed by atoms with E-state index in [9.17, 15) is 13.2 Å². The van der Waals surface area contributed by atoms with Crippen molar-refractivity contribution in [3.8, 4) is 6.01 Å². The summed E-state index contributed by atoms with van der Waals surface area (Å²) in [6, 6.07) is 0.00806. The van der Waals surface area contributed by atoms with Crippen LogP contribution in [0, 0.1) is 0 Å². The van der Waals surface area contributed by atoms with Crippen LogP contribution in [-0.2, 0) is 4.74 Å². The lowest BCUT2D eigenvalue weighted by Gasteiger charge is -2.08. The van der Waals surface area contributed by atoms with Crippen LogP contribution in [0.3, 0.4) is 0 Å². The van der Waals surface area contributed by atoms with Crippen molar-refractivity contribution in [2.45, 2.75) is 6.18 Å². The number of rotatable bonds is 6. The molecule has 0 saturated heterocycles. The summed E-state index contributed by atoms with van der Waals surface area (Å²) >= 11 is 5.57. The number of hydrogen-bond acceptors (Lipinski definition) is 6. The first kappa shape index (κ1) is 14.7. The number of methoxy groups -OCH3 is 1. The number of nitrogens with one attached hydrogen (secondary N) is 1. The fourth-order valence-electron chi connectivity index (χ4n) is 0.925. The Balaban J connectivity index is 2.33. The van der Waals surface area contributed by atoms with Gasteiger partial charge < -0.3 is 14.8 Å². The van der Waals surface area contributed by atoms with E-state index in [1.165, 1.54) is 7.11 Å². The van der Waals surface area contributed by atoms with E-state index in [-0.39, 0.29) is 30.4 Å². The Bertz CT molecular complexity index is 391. The fraction of sp³-hybridized carbons (Fsp3) is 0.625. The van der Waals surface area contributed by atoms with E-state index < -0.39 is 12.8 Å². The largest absolute Gasteiger partial charge is 0.467 e. The first-order valence-corrected chi connectivity index (χ1v) is 5.12. The normalized spacial score (nSPS) is 11.4. The molecule has 1 aromatic rings. The first-order chi connectivity index (χ1) is 8.40. The van der Waals surface area contributed by atoms with Crippen molar-refractivity contribution < 1.29 is 22.6 Å². The number of anilines is 1. The monoisotopic (exact) mass is 286 g/mol. The summed E-state index contributed by atoms with van der Waals surface area (Å²) in [4.78, 5) is 11.1. The zero-order chi connectivity index (χ0) is 13.6. The van der Waals surface area contributed by atoms with E-state index in [0.29, 0.717) is 0 Å². The highest BCUT2D eigenvalue weighted by atomic mass is 35.5. The molecule has 0 spiro atoms. The molecule has 1 N–H and O–H groups in total. The Kier molecular flexibility index (Phi) is 5.35. The number of alkyl halides is 3. The van der Waals surface area contributed by atoms with Crippen molar-refractivity contribution in [1.29, 1.82) is 0 Å². The summed E-state index contributed by atoms with van der Waals surface area (Å²) in [7, 11) is 1.35. The summed E-state index contributed by atoms with van der Waals surface area (Å²) in [5.74, 6) is 0.0995. The molecule has 0 fully saturated rings. The zero-order valence-electron chi connectivity index (χ0n) is 9.29. The van der Waals surface area contributed by atoms with Crippen LogP contribution in [0.1, 0.15) is 0 Å². The van der Waals surface area contributed by atoms with Crippen LogP contribution in [0.15, 0.2) is 0 Å². The van der Waals surface area contributed by atoms with Gasteiger partial charge in [-0.15, -0.1) is 0 Å². The highest BCUT2D eigenvalue weighted by Crippen LogP contribution is 2.14. The number of nitrogens with zero attached hydrogens (tertiary/aromatic N) is 3. The third kappa shape index (κ3) is 5.82. The predicted molar refractivity (Wildman–Crippen MR) is 56.8 cm³/mol. The van der Waals surface area contributed by atoms with Crippen LogP contribution >= 0.6 is 11.6 Å². The van der Waals surface area contributed by atoms with Crippen molar-refractivity contribution >= 4 is 17.5 Å². The van der Waals surface area contributed by atoms with Gasteiger partial charge in [0.2, 0.25) is 11.2 Å². The summed E-state index contributed by atoms with van der Waals surface area (Å²) in [5, 5.41) is 2.54. The van der Waals surface area contributed by atoms with Crippen LogP contribution in [0.2, 0.25) is 5.28 Å². The highest BCUT2D eigenvalue weighted by molar-refractivity contribution is 6.28. The van der Waals surface area contributed by atoms with Gasteiger partial charge >= 0.3 is 12.2 Å². The molecule has 10 heteroatoms. The summed E-state index contributed by atoms with van der Waals surface area (Å²) in [5.41, 5.74) is 0. The van der Waals surface area contributed by atoms with Gasteiger partial charge in [-0.25, -0.2) is 0 Å². The fourth-order valence-corrected chi connectivity index (χ4v) is 1.08. The molecule has 0 aliphatic carbocycles. The van der Waals surface area contributed by atoms with Gasteiger partial charge in [0, 0.05) is 6.54 Å². The van der Waals surface area contributed by atoms with Crippen molar-refractivity contribution in [2.75, 3.05) is 32.2 Å². The lowest BCUT2D eigenvalue weighted by Crippen LogP contribution is -2.20. The molecule has 0 unspecified atom stereocenters. The molecular weight excluding hydrogens is 277 g/mol. The lowest BCUT2D eigenvalue weighted by molar-refractivity contribution is -0.172. The van der Waals surface area contributed by atoms with E-state index in [1.54, 1.807) is 0 Å². The van der Waals surface area contributed by atoms with Crippen LogP contribution in [0.4, 0.5) is 19.1 Å². The molecule has 1 rings (SSSR count). The molecule has 18 heavy (non-hydrogen) atoms. The maximum absolute atomic E-state index is 11.7. The Hall–Kier alpha value is -1.35. The third-order valence-electron chi connectivity index (χ3n) is 1.57. The molecule has 1 aromatic heterocycles. The minimum Gasteiger partial charge on any atom is -0.467 e. The maximum Gasteiger partial charge on any atom is 0.411 e. The van der Waals surface area contributed by atoms with Gasteiger partial charge in [-0.1, -0.05) is 0 Å². The number of ether oxygens (including phenoxy) is 2. The third-order valence-corrected chi connectivity index (χ3v) is 1.73. The lowest BCUT2D eigenvalue weighted by atomic mass is 10.6. The molecule has 0 aliphatic heterocycles. The van der Waals surface area contributed by atoms with Gasteiger partial charge in [0.15, 0.2) is 0 Å². The summed E-state index contributed by atoms with van der Waals surface area (Å²) in [6.45, 7) is -1.35. The van der Waals surface area contributed by atoms with Crippen molar-refractivity contribution in [3.05, 3.63) is 5.28 Å². The first-order valence-electron chi connectivity index (χ1n) is 4.74. The Morgan fingerprint density at radius 2 is 2.00 bits per heavy atom. The molecule has 0 saturated carbocycles. The van der Waals surface area contributed by atoms with E-state index in [1.807, 2.05) is 0 Å². The molecule has 6 nitrogen and oxygen atoms in total. The quantitative estimate of drug-likeness (QED) is 0.800. The molecule has 0 bridgehead atoms. The summed E-state index contributed by atoms with van der Waals surface area (Å²) < 4.78 is 44.4. The topological polar surface area (TPSA) is 69.2 Å². The molecular formula is C8H10ClF3N4O2. The Morgan fingerprint density at radius 3 is 2.61 bits per heavy atom. The second-order valence-corrected chi connectivity index (χ2v) is 3.35. The molecule has 0 aliphatic rings. The minimum atomic E-state index is -4.33. The Morgan fingerprint density at radius 1 is 1.28 bits per heavy atom. The second-order valence-electron chi connectivity index (χ2n) is 3.01. The molecule has 0 atom stereocenters. The molecule has 0 aromatic carbocycles. The van der Waals surface area contributed by atoms with Crippen molar-refractivity contribution in [3.63, 3.8) is 0 Å². The average Bonchev–Trinajstić information content (AvgIpc) is 2.26. The number of halogens is 4. The van der Waals surface area contributed by atoms with Crippen LogP contribution < -0.4 is 10.1 Å². The Labute approximate surface area is 105 Å². The van der Waals surface area contributed by atoms with Gasteiger partial charge in [-0.05, 0) is 11.6 Å². The number of aromatic nitrogens is 3. The van der Waals surface area contributed by atoms with Crippen LogP contribution in [0.5, 0.6) is 6.01 Å². The SMILES string of the molecule is COc1nc(Cl)nc(NCCOCC(F)(F)F)n1. The second kappa shape index (κ2) is 6.55. The molecule has 0 amide bonds. The predicted octanol–water partition coefficient (Wildman–Crippen LogP) is 1.52. The molecule has 1 heterocycles. The molecule has 0 radical (unpaired) electrons. The maximum atomic E-state index is 11.7. The van der Waals surface area contributed by atoms with Crippen LogP contribution in [-0.4, -0.2) is 48.0 Å². The van der Waals surface area contributed by atoms with Crippen molar-refractivity contribution in [2.24, 2.45) is 0 Å². The zero-order valence-corrected chi connectivity index (χ0v) is 10.0. The van der Waals surface area contributed by atoms with E-state index in [4.69, 9.17) is 16.3 Å².